The number of rotatable bonds is 6. The van der Waals surface area contributed by atoms with Gasteiger partial charge in [0.2, 0.25) is 0 Å². The molecule has 1 N–H and O–H groups in total. The third-order valence-electron chi connectivity index (χ3n) is 4.79. The number of nitrogens with one attached hydrogen (secondary N) is 1. The van der Waals surface area contributed by atoms with Gasteiger partial charge in [-0.25, -0.2) is 27.8 Å². The molecule has 0 aliphatic heterocycles. The first-order valence-corrected chi connectivity index (χ1v) is 9.44. The molecule has 0 fully saturated rings. The molecule has 0 aliphatic rings. The number of hydrogen-bond acceptors (Lipinski definition) is 4. The van der Waals surface area contributed by atoms with Crippen molar-refractivity contribution in [2.75, 3.05) is 0 Å². The maximum absolute atomic E-state index is 13.3. The molecule has 4 aromatic rings. The van der Waals surface area contributed by atoms with Crippen LogP contribution in [0, 0.1) is 12.7 Å². The molecule has 0 aliphatic carbocycles. The van der Waals surface area contributed by atoms with E-state index in [-0.39, 0.29) is 17.3 Å². The van der Waals surface area contributed by atoms with E-state index in [1.54, 1.807) is 25.1 Å². The number of hydrogen-bond donors (Lipinski definition) is 1. The van der Waals surface area contributed by atoms with Crippen LogP contribution in [-0.4, -0.2) is 29.9 Å². The number of aromatic nitrogens is 6. The van der Waals surface area contributed by atoms with E-state index in [1.807, 2.05) is 6.92 Å². The summed E-state index contributed by atoms with van der Waals surface area (Å²) in [6, 6.07) is 9.13. The maximum atomic E-state index is 13.3. The topological polar surface area (TPSA) is 72.3 Å². The Hall–Kier alpha value is -3.49. The first-order valence-electron chi connectivity index (χ1n) is 9.44. The summed E-state index contributed by atoms with van der Waals surface area (Å²) in [4.78, 5) is 8.38. The molecule has 0 atom stereocenters. The van der Waals surface area contributed by atoms with E-state index in [4.69, 9.17) is 0 Å². The lowest BCUT2D eigenvalue weighted by atomic mass is 10.0. The molecule has 9 heteroatoms. The Morgan fingerprint density at radius 1 is 1.10 bits per heavy atom. The van der Waals surface area contributed by atoms with Crippen molar-refractivity contribution in [3.8, 4) is 17.1 Å². The van der Waals surface area contributed by atoms with Gasteiger partial charge in [-0.2, -0.15) is 10.2 Å². The minimum Gasteiger partial charge on any atom is -0.281 e. The van der Waals surface area contributed by atoms with Crippen LogP contribution in [0.1, 0.15) is 41.7 Å². The second kappa shape index (κ2) is 8.10. The smallest absolute Gasteiger partial charge is 0.280 e. The van der Waals surface area contributed by atoms with Crippen molar-refractivity contribution in [1.29, 1.82) is 0 Å². The molecule has 3 heterocycles. The number of aryl methyl sites for hydroxylation is 1. The number of H-pyrrole nitrogens is 1. The van der Waals surface area contributed by atoms with Gasteiger partial charge in [-0.3, -0.25) is 5.10 Å². The molecule has 0 spiro atoms. The van der Waals surface area contributed by atoms with Crippen molar-refractivity contribution in [2.24, 2.45) is 0 Å². The Labute approximate surface area is 170 Å². The van der Waals surface area contributed by atoms with E-state index in [9.17, 15) is 13.2 Å². The van der Waals surface area contributed by atoms with Gasteiger partial charge in [-0.05, 0) is 43.7 Å². The van der Waals surface area contributed by atoms with E-state index < -0.39 is 6.43 Å². The summed E-state index contributed by atoms with van der Waals surface area (Å²) in [6.07, 6.45) is -0.205. The van der Waals surface area contributed by atoms with Crippen molar-refractivity contribution < 1.29 is 13.2 Å². The fraction of sp³-hybridized carbons (Fsp3) is 0.238. The van der Waals surface area contributed by atoms with Gasteiger partial charge in [0, 0.05) is 29.3 Å². The number of nitrogens with zero attached hydrogens (tertiary/aromatic N) is 5. The molecule has 6 nitrogen and oxygen atoms in total. The Bertz CT molecular complexity index is 1160. The van der Waals surface area contributed by atoms with Crippen molar-refractivity contribution >= 4 is 0 Å². The summed E-state index contributed by atoms with van der Waals surface area (Å²) in [5.41, 5.74) is 4.31. The van der Waals surface area contributed by atoms with E-state index >= 15 is 0 Å². The second-order valence-corrected chi connectivity index (χ2v) is 6.86. The minimum absolute atomic E-state index is 0.216. The maximum Gasteiger partial charge on any atom is 0.280 e. The third-order valence-corrected chi connectivity index (χ3v) is 4.79. The molecule has 0 saturated carbocycles. The zero-order valence-corrected chi connectivity index (χ0v) is 16.4. The van der Waals surface area contributed by atoms with Crippen molar-refractivity contribution in [1.82, 2.24) is 29.9 Å². The summed E-state index contributed by atoms with van der Waals surface area (Å²) in [5, 5.41) is 11.6. The number of benzene rings is 1. The number of alkyl halides is 2. The lowest BCUT2D eigenvalue weighted by Crippen LogP contribution is -2.07. The van der Waals surface area contributed by atoms with Crippen LogP contribution in [0.5, 0.6) is 0 Å². The summed E-state index contributed by atoms with van der Waals surface area (Å²) >= 11 is 0. The van der Waals surface area contributed by atoms with Crippen LogP contribution in [0.4, 0.5) is 13.2 Å². The summed E-state index contributed by atoms with van der Waals surface area (Å²) < 4.78 is 41.0. The Kier molecular flexibility index (Phi) is 5.35. The normalized spacial score (nSPS) is 11.4. The van der Waals surface area contributed by atoms with Gasteiger partial charge in [0.15, 0.2) is 5.82 Å². The SMILES string of the molecule is CCc1c(-c2ccc(F)cc2)n[nH]c1Cc1cc(-n2nc(C)cc2C(F)F)ncn1. The zero-order valence-electron chi connectivity index (χ0n) is 16.4. The highest BCUT2D eigenvalue weighted by atomic mass is 19.3. The van der Waals surface area contributed by atoms with Gasteiger partial charge in [0.25, 0.3) is 6.43 Å². The van der Waals surface area contributed by atoms with Gasteiger partial charge in [-0.15, -0.1) is 0 Å². The largest absolute Gasteiger partial charge is 0.281 e. The zero-order chi connectivity index (χ0) is 21.3. The van der Waals surface area contributed by atoms with Crippen LogP contribution < -0.4 is 0 Å². The summed E-state index contributed by atoms with van der Waals surface area (Å²) in [5.74, 6) is -0.0298. The molecule has 3 aromatic heterocycles. The highest BCUT2D eigenvalue weighted by Gasteiger charge is 2.19. The first-order chi connectivity index (χ1) is 14.5. The lowest BCUT2D eigenvalue weighted by molar-refractivity contribution is 0.142. The van der Waals surface area contributed by atoms with Crippen LogP contribution in [0.2, 0.25) is 0 Å². The van der Waals surface area contributed by atoms with Crippen molar-refractivity contribution in [2.45, 2.75) is 33.1 Å². The van der Waals surface area contributed by atoms with Crippen LogP contribution in [-0.2, 0) is 12.8 Å². The van der Waals surface area contributed by atoms with Crippen LogP contribution in [0.25, 0.3) is 17.1 Å². The summed E-state index contributed by atoms with van der Waals surface area (Å²) in [6.45, 7) is 3.66. The number of halogens is 3. The van der Waals surface area contributed by atoms with Gasteiger partial charge in [0.1, 0.15) is 17.8 Å². The molecule has 4 rings (SSSR count). The highest BCUT2D eigenvalue weighted by molar-refractivity contribution is 5.64. The van der Waals surface area contributed by atoms with E-state index in [2.05, 4.69) is 25.3 Å². The molecule has 0 unspecified atom stereocenters. The molecular weight excluding hydrogens is 393 g/mol. The molecule has 0 amide bonds. The van der Waals surface area contributed by atoms with Crippen LogP contribution in [0.15, 0.2) is 42.7 Å². The molecular formula is C21H19F3N6. The number of aromatic amines is 1. The molecule has 30 heavy (non-hydrogen) atoms. The van der Waals surface area contributed by atoms with E-state index in [1.165, 1.54) is 24.5 Å². The molecule has 0 radical (unpaired) electrons. The predicted octanol–water partition coefficient (Wildman–Crippen LogP) is 4.59. The van der Waals surface area contributed by atoms with Gasteiger partial charge in [0.05, 0.1) is 17.1 Å². The molecule has 0 bridgehead atoms. The molecule has 0 saturated heterocycles. The lowest BCUT2D eigenvalue weighted by Gasteiger charge is -2.08. The molecule has 1 aromatic carbocycles. The van der Waals surface area contributed by atoms with Crippen LogP contribution in [0.3, 0.4) is 0 Å². The van der Waals surface area contributed by atoms with Crippen LogP contribution >= 0.6 is 0 Å². The van der Waals surface area contributed by atoms with Gasteiger partial charge in [-0.1, -0.05) is 6.92 Å². The standard InChI is InChI=1S/C21H19F3N6/c1-3-16-17(27-28-20(16)13-4-6-14(22)7-5-13)9-15-10-19(26-11-25-15)30-18(21(23)24)8-12(2)29-30/h4-8,10-11,21H,3,9H2,1-2H3,(H,27,28). The Morgan fingerprint density at radius 2 is 1.87 bits per heavy atom. The average molecular weight is 412 g/mol. The highest BCUT2D eigenvalue weighted by Crippen LogP contribution is 2.27. The van der Waals surface area contributed by atoms with E-state index in [0.717, 1.165) is 27.2 Å². The second-order valence-electron chi connectivity index (χ2n) is 6.86. The monoisotopic (exact) mass is 412 g/mol. The summed E-state index contributed by atoms with van der Waals surface area (Å²) in [7, 11) is 0. The van der Waals surface area contributed by atoms with Gasteiger partial charge >= 0.3 is 0 Å². The fourth-order valence-corrected chi connectivity index (χ4v) is 3.41. The van der Waals surface area contributed by atoms with Crippen molar-refractivity contribution in [3.05, 3.63) is 76.9 Å². The Morgan fingerprint density at radius 3 is 2.57 bits per heavy atom. The van der Waals surface area contributed by atoms with E-state index in [0.29, 0.717) is 24.2 Å². The Balaban J connectivity index is 1.66. The fourth-order valence-electron chi connectivity index (χ4n) is 3.41. The quantitative estimate of drug-likeness (QED) is 0.503. The van der Waals surface area contributed by atoms with Crippen molar-refractivity contribution in [3.63, 3.8) is 0 Å². The predicted molar refractivity (Wildman–Crippen MR) is 105 cm³/mol. The first kappa shape index (κ1) is 19.8. The third kappa shape index (κ3) is 3.83. The minimum atomic E-state index is -2.66. The average Bonchev–Trinajstić information content (AvgIpc) is 3.32. The molecule has 154 valence electrons. The van der Waals surface area contributed by atoms with Gasteiger partial charge < -0.3 is 0 Å².